The number of sulfonamides is 1. The highest BCUT2D eigenvalue weighted by atomic mass is 32.2. The van der Waals surface area contributed by atoms with Crippen molar-refractivity contribution in [1.82, 2.24) is 24.5 Å². The van der Waals surface area contributed by atoms with Crippen LogP contribution in [-0.2, 0) is 10.0 Å². The number of amides is 1. The number of H-pyrrole nitrogens is 1. The smallest absolute Gasteiger partial charge is 0.293 e. The van der Waals surface area contributed by atoms with Crippen molar-refractivity contribution in [3.8, 4) is 11.5 Å². The molecule has 4 heterocycles. The summed E-state index contributed by atoms with van der Waals surface area (Å²) >= 11 is 0. The Labute approximate surface area is 398 Å². The third-order valence-corrected chi connectivity index (χ3v) is 17.1. The fourth-order valence-electron chi connectivity index (χ4n) is 11.5. The maximum Gasteiger partial charge on any atom is 0.293 e. The number of fused-ring (bicyclic) bond motifs is 1. The first kappa shape index (κ1) is 46.2. The molecule has 68 heavy (non-hydrogen) atoms. The number of aromatic nitrogens is 2. The zero-order chi connectivity index (χ0) is 47.4. The number of ether oxygens (including phenoxy) is 1. The summed E-state index contributed by atoms with van der Waals surface area (Å²) in [4.78, 5) is 40.6. The van der Waals surface area contributed by atoms with E-state index in [0.29, 0.717) is 48.8 Å². The number of hydrogen-bond donors (Lipinski definition) is 4. The van der Waals surface area contributed by atoms with E-state index in [4.69, 9.17) is 4.74 Å². The minimum Gasteiger partial charge on any atom is -0.455 e. The molecular weight excluding hydrogens is 881 g/mol. The minimum atomic E-state index is -4.57. The Morgan fingerprint density at radius 1 is 0.956 bits per heavy atom. The number of hydrogen-bond acceptors (Lipinski definition) is 12. The highest BCUT2D eigenvalue weighted by Crippen LogP contribution is 2.54. The van der Waals surface area contributed by atoms with Crippen LogP contribution in [-0.4, -0.2) is 101 Å². The Morgan fingerprint density at radius 2 is 1.72 bits per heavy atom. The van der Waals surface area contributed by atoms with Gasteiger partial charge in [0, 0.05) is 86.8 Å². The predicted molar refractivity (Wildman–Crippen MR) is 263 cm³/mol. The van der Waals surface area contributed by atoms with Gasteiger partial charge in [0.1, 0.15) is 22.8 Å². The van der Waals surface area contributed by atoms with Gasteiger partial charge in [-0.05, 0) is 136 Å². The summed E-state index contributed by atoms with van der Waals surface area (Å²) in [5, 5.41) is 26.4. The second-order valence-electron chi connectivity index (χ2n) is 20.9. The summed E-state index contributed by atoms with van der Waals surface area (Å²) in [6.07, 6.45) is 13.3. The summed E-state index contributed by atoms with van der Waals surface area (Å²) in [5.41, 5.74) is 3.80. The number of piperazine rings is 1. The molecule has 3 aromatic carbocycles. The molecule has 16 heteroatoms. The van der Waals surface area contributed by atoms with Crippen LogP contribution in [0.3, 0.4) is 0 Å². The molecule has 4 N–H and O–H groups in total. The number of nitrogens with zero attached hydrogens (tertiary/aromatic N) is 5. The lowest BCUT2D eigenvalue weighted by Crippen LogP contribution is -2.60. The molecule has 360 valence electrons. The molecule has 3 aliphatic carbocycles. The van der Waals surface area contributed by atoms with E-state index >= 15 is 0 Å². The quantitative estimate of drug-likeness (QED) is 0.0612. The lowest BCUT2D eigenvalue weighted by atomic mass is 9.59. The maximum absolute atomic E-state index is 14.0. The second-order valence-corrected chi connectivity index (χ2v) is 22.6. The molecule has 15 nitrogen and oxygen atoms in total. The Bertz CT molecular complexity index is 2780. The van der Waals surface area contributed by atoms with Crippen molar-refractivity contribution in [3.63, 3.8) is 0 Å². The molecular formula is C52H64N8O7S. The van der Waals surface area contributed by atoms with Crippen LogP contribution in [0.5, 0.6) is 11.5 Å². The van der Waals surface area contributed by atoms with E-state index in [1.807, 2.05) is 19.1 Å². The van der Waals surface area contributed by atoms with Crippen LogP contribution in [0, 0.1) is 21.4 Å². The Balaban J connectivity index is 0.836. The molecule has 10 rings (SSSR count). The van der Waals surface area contributed by atoms with Gasteiger partial charge in [-0.25, -0.2) is 18.1 Å². The van der Waals surface area contributed by atoms with Crippen molar-refractivity contribution in [1.29, 1.82) is 0 Å². The van der Waals surface area contributed by atoms with E-state index < -0.39 is 37.0 Å². The zero-order valence-corrected chi connectivity index (χ0v) is 40.1. The normalized spacial score (nSPS) is 23.7. The summed E-state index contributed by atoms with van der Waals surface area (Å²) in [6, 6.07) is 23.2. The van der Waals surface area contributed by atoms with Crippen molar-refractivity contribution in [2.45, 2.75) is 120 Å². The fraction of sp³-hybridized carbons (Fsp3) is 0.500. The van der Waals surface area contributed by atoms with Gasteiger partial charge >= 0.3 is 0 Å². The standard InChI is InChI=1S/C52H64N8O7S/c1-34(2)42-6-4-5-7-43(42)47-33-58(37-8-9-37)24-25-59(47)39-29-52(30-39)19-22-57(23-20-52)38-10-12-44(48(27-38)67-40-26-36-16-21-53-49(36)55-32-40)50(61)56-68(65,66)41-11-13-45(46(28-41)60(63)64)54-31-35-14-17-51(3,62)18-15-35/h4-7,10-13,16,21,26-28,32,34-35,37,39,47,54,62H,8-9,14-15,17-20,22-25,29-31,33H2,1-3H3,(H,53,55)(H,56,61)/t35-,47-,51-/m1/s1. The molecule has 2 aliphatic heterocycles. The molecule has 2 aromatic heterocycles. The lowest BCUT2D eigenvalue weighted by molar-refractivity contribution is -0.384. The number of carbonyl (C=O) groups excluding carboxylic acids is 1. The highest BCUT2D eigenvalue weighted by molar-refractivity contribution is 7.90. The number of nitrogens with one attached hydrogen (secondary N) is 3. The van der Waals surface area contributed by atoms with E-state index in [9.17, 15) is 28.4 Å². The largest absolute Gasteiger partial charge is 0.455 e. The molecule has 1 spiro atoms. The van der Waals surface area contributed by atoms with Crippen LogP contribution in [0.15, 0.2) is 90.1 Å². The first-order valence-electron chi connectivity index (χ1n) is 24.5. The van der Waals surface area contributed by atoms with Crippen LogP contribution in [0.2, 0.25) is 0 Å². The van der Waals surface area contributed by atoms with Gasteiger partial charge in [-0.2, -0.15) is 0 Å². The average Bonchev–Trinajstić information content (AvgIpc) is 4.07. The molecule has 2 saturated heterocycles. The van der Waals surface area contributed by atoms with Crippen molar-refractivity contribution in [2.75, 3.05) is 49.5 Å². The van der Waals surface area contributed by atoms with Gasteiger partial charge in [0.25, 0.3) is 21.6 Å². The van der Waals surface area contributed by atoms with Gasteiger partial charge < -0.3 is 25.0 Å². The molecule has 1 amide bonds. The first-order chi connectivity index (χ1) is 32.6. The van der Waals surface area contributed by atoms with Crippen LogP contribution in [0.1, 0.15) is 118 Å². The zero-order valence-electron chi connectivity index (χ0n) is 39.3. The van der Waals surface area contributed by atoms with Gasteiger partial charge in [0.2, 0.25) is 0 Å². The van der Waals surface area contributed by atoms with Crippen molar-refractivity contribution in [3.05, 3.63) is 112 Å². The van der Waals surface area contributed by atoms with E-state index in [2.05, 4.69) is 72.8 Å². The topological polar surface area (TPSA) is 186 Å². The first-order valence-corrected chi connectivity index (χ1v) is 26.0. The number of carbonyl (C=O) groups is 1. The molecule has 0 unspecified atom stereocenters. The third kappa shape index (κ3) is 9.69. The number of nitro benzene ring substituents is 1. The average molecular weight is 945 g/mol. The molecule has 5 aliphatic rings. The molecule has 3 saturated carbocycles. The molecule has 5 fully saturated rings. The Morgan fingerprint density at radius 3 is 2.46 bits per heavy atom. The summed E-state index contributed by atoms with van der Waals surface area (Å²) in [5.74, 6) is 0.264. The molecule has 0 radical (unpaired) electrons. The van der Waals surface area contributed by atoms with Gasteiger partial charge in [-0.15, -0.1) is 0 Å². The highest BCUT2D eigenvalue weighted by Gasteiger charge is 2.51. The van der Waals surface area contributed by atoms with Gasteiger partial charge in [-0.1, -0.05) is 38.1 Å². The number of nitro groups is 1. The van der Waals surface area contributed by atoms with Crippen LogP contribution in [0.4, 0.5) is 17.1 Å². The summed E-state index contributed by atoms with van der Waals surface area (Å²) < 4.78 is 36.1. The minimum absolute atomic E-state index is 0.0172. The maximum atomic E-state index is 14.0. The number of piperidine rings is 1. The van der Waals surface area contributed by atoms with Crippen LogP contribution >= 0.6 is 0 Å². The fourth-order valence-corrected chi connectivity index (χ4v) is 12.5. The van der Waals surface area contributed by atoms with Gasteiger partial charge in [0.15, 0.2) is 0 Å². The monoisotopic (exact) mass is 944 g/mol. The van der Waals surface area contributed by atoms with E-state index in [1.54, 1.807) is 30.6 Å². The van der Waals surface area contributed by atoms with Gasteiger partial charge in [0.05, 0.1) is 27.2 Å². The number of aromatic amines is 1. The van der Waals surface area contributed by atoms with E-state index in [1.165, 1.54) is 48.9 Å². The SMILES string of the molecule is CC(C)c1ccccc1[C@H]1CN(C2CC2)CCN1C1CC2(CCN(c3ccc(C(=O)NS(=O)(=O)c4ccc(NC[C@H]5CC[C@](C)(O)CC5)c([N+](=O)[O-])c4)c(Oc4cnc5[nH]ccc5c4)c3)CC2)C1. The Hall–Kier alpha value is -5.55. The van der Waals surface area contributed by atoms with Crippen LogP contribution < -0.4 is 19.7 Å². The van der Waals surface area contributed by atoms with Crippen LogP contribution in [0.25, 0.3) is 11.0 Å². The summed E-state index contributed by atoms with van der Waals surface area (Å²) in [7, 11) is -4.57. The van der Waals surface area contributed by atoms with E-state index in [-0.39, 0.29) is 28.3 Å². The van der Waals surface area contributed by atoms with Crippen molar-refractivity contribution >= 4 is 44.0 Å². The molecule has 1 atom stereocenters. The predicted octanol–water partition coefficient (Wildman–Crippen LogP) is 9.13. The number of aliphatic hydroxyl groups is 1. The van der Waals surface area contributed by atoms with E-state index in [0.717, 1.165) is 81.6 Å². The second kappa shape index (κ2) is 18.4. The Kier molecular flexibility index (Phi) is 12.5. The number of anilines is 2. The molecule has 0 bridgehead atoms. The number of benzene rings is 3. The number of pyridine rings is 1. The lowest BCUT2D eigenvalue weighted by Gasteiger charge is -2.58. The van der Waals surface area contributed by atoms with Crippen molar-refractivity contribution in [2.24, 2.45) is 11.3 Å². The third-order valence-electron chi connectivity index (χ3n) is 15.8. The number of rotatable bonds is 14. The van der Waals surface area contributed by atoms with Crippen molar-refractivity contribution < 1.29 is 28.0 Å². The van der Waals surface area contributed by atoms with Gasteiger partial charge in [-0.3, -0.25) is 24.7 Å². The summed E-state index contributed by atoms with van der Waals surface area (Å²) in [6.45, 7) is 11.9. The molecule has 5 aromatic rings.